The normalized spacial score (nSPS) is 10.6. The van der Waals surface area contributed by atoms with Crippen molar-refractivity contribution in [1.29, 1.82) is 0 Å². The lowest BCUT2D eigenvalue weighted by molar-refractivity contribution is 0.469. The van der Waals surface area contributed by atoms with Crippen LogP contribution in [0.4, 0.5) is 0 Å². The third-order valence-electron chi connectivity index (χ3n) is 2.45. The summed E-state index contributed by atoms with van der Waals surface area (Å²) in [4.78, 5) is 0. The van der Waals surface area contributed by atoms with Gasteiger partial charge in [0.05, 0.1) is 0 Å². The topological polar surface area (TPSA) is 40.5 Å². The van der Waals surface area contributed by atoms with Crippen molar-refractivity contribution in [3.05, 3.63) is 35.9 Å². The van der Waals surface area contributed by atoms with Crippen molar-refractivity contribution in [2.45, 2.75) is 13.3 Å². The number of aryl methyl sites for hydroxylation is 1. The number of hydrogen-bond acceptors (Lipinski definition) is 2. The number of phenolic OH excluding ortho intramolecular Hbond substituents is 2. The van der Waals surface area contributed by atoms with Gasteiger partial charge in [-0.15, -0.1) is 0 Å². The molecule has 2 rings (SSSR count). The molecule has 0 aromatic heterocycles. The molecule has 0 atom stereocenters. The number of rotatable bonds is 1. The summed E-state index contributed by atoms with van der Waals surface area (Å²) in [5, 5.41) is 20.9. The fourth-order valence-electron chi connectivity index (χ4n) is 1.73. The van der Waals surface area contributed by atoms with Crippen LogP contribution >= 0.6 is 0 Å². The summed E-state index contributed by atoms with van der Waals surface area (Å²) in [5.74, 6) is 0.531. The summed E-state index contributed by atoms with van der Waals surface area (Å²) < 4.78 is 0. The molecular formula is C12H12O2. The Morgan fingerprint density at radius 3 is 2.50 bits per heavy atom. The second-order valence-corrected chi connectivity index (χ2v) is 3.32. The van der Waals surface area contributed by atoms with Gasteiger partial charge in [-0.2, -0.15) is 0 Å². The van der Waals surface area contributed by atoms with Gasteiger partial charge in [0.1, 0.15) is 11.5 Å². The zero-order chi connectivity index (χ0) is 10.1. The zero-order valence-electron chi connectivity index (χ0n) is 7.99. The summed E-state index contributed by atoms with van der Waals surface area (Å²) in [7, 11) is 0. The molecule has 0 unspecified atom stereocenters. The van der Waals surface area contributed by atoms with E-state index in [1.807, 2.05) is 19.1 Å². The summed E-state index contributed by atoms with van der Waals surface area (Å²) >= 11 is 0. The molecule has 0 bridgehead atoms. The van der Waals surface area contributed by atoms with E-state index in [1.165, 1.54) is 0 Å². The molecule has 2 aromatic carbocycles. The Kier molecular flexibility index (Phi) is 2.04. The van der Waals surface area contributed by atoms with Crippen LogP contribution in [0.15, 0.2) is 30.3 Å². The minimum absolute atomic E-state index is 0.234. The van der Waals surface area contributed by atoms with E-state index in [2.05, 4.69) is 0 Å². The Morgan fingerprint density at radius 2 is 1.79 bits per heavy atom. The molecule has 2 heteroatoms. The smallest absolute Gasteiger partial charge is 0.119 e. The monoisotopic (exact) mass is 188 g/mol. The maximum absolute atomic E-state index is 9.62. The van der Waals surface area contributed by atoms with E-state index in [-0.39, 0.29) is 5.75 Å². The number of benzene rings is 2. The highest BCUT2D eigenvalue weighted by atomic mass is 16.3. The van der Waals surface area contributed by atoms with Gasteiger partial charge < -0.3 is 10.2 Å². The van der Waals surface area contributed by atoms with Gasteiger partial charge in [0.2, 0.25) is 0 Å². The van der Waals surface area contributed by atoms with E-state index >= 15 is 0 Å². The highest BCUT2D eigenvalue weighted by Crippen LogP contribution is 2.29. The highest BCUT2D eigenvalue weighted by Gasteiger charge is 2.05. The lowest BCUT2D eigenvalue weighted by Gasteiger charge is -2.06. The molecule has 2 nitrogen and oxygen atoms in total. The second kappa shape index (κ2) is 3.22. The minimum Gasteiger partial charge on any atom is -0.508 e. The molecule has 2 N–H and O–H groups in total. The van der Waals surface area contributed by atoms with Crippen LogP contribution in [-0.4, -0.2) is 10.2 Å². The first-order chi connectivity index (χ1) is 6.72. The first-order valence-corrected chi connectivity index (χ1v) is 4.66. The van der Waals surface area contributed by atoms with Crippen molar-refractivity contribution < 1.29 is 10.2 Å². The molecule has 72 valence electrons. The van der Waals surface area contributed by atoms with Crippen molar-refractivity contribution >= 4 is 10.8 Å². The first-order valence-electron chi connectivity index (χ1n) is 4.66. The third-order valence-corrected chi connectivity index (χ3v) is 2.45. The lowest BCUT2D eigenvalue weighted by atomic mass is 10.0. The largest absolute Gasteiger partial charge is 0.508 e. The molecule has 0 heterocycles. The molecule has 2 aromatic rings. The second-order valence-electron chi connectivity index (χ2n) is 3.32. The van der Waals surface area contributed by atoms with Crippen LogP contribution in [0.2, 0.25) is 0 Å². The van der Waals surface area contributed by atoms with Gasteiger partial charge >= 0.3 is 0 Å². The van der Waals surface area contributed by atoms with E-state index in [4.69, 9.17) is 0 Å². The van der Waals surface area contributed by atoms with Crippen LogP contribution in [0, 0.1) is 0 Å². The average Bonchev–Trinajstić information content (AvgIpc) is 2.17. The van der Waals surface area contributed by atoms with E-state index in [0.717, 1.165) is 22.8 Å². The van der Waals surface area contributed by atoms with Gasteiger partial charge in [0.15, 0.2) is 0 Å². The van der Waals surface area contributed by atoms with Crippen LogP contribution < -0.4 is 0 Å². The number of hydrogen-bond donors (Lipinski definition) is 2. The maximum Gasteiger partial charge on any atom is 0.119 e. The van der Waals surface area contributed by atoms with Gasteiger partial charge in [-0.3, -0.25) is 0 Å². The van der Waals surface area contributed by atoms with Crippen LogP contribution in [0.1, 0.15) is 12.5 Å². The van der Waals surface area contributed by atoms with E-state index in [0.29, 0.717) is 5.75 Å². The molecular weight excluding hydrogens is 176 g/mol. The summed E-state index contributed by atoms with van der Waals surface area (Å²) in [5.41, 5.74) is 0.887. The maximum atomic E-state index is 9.62. The molecule has 0 saturated carbocycles. The SMILES string of the molecule is CCc1c(O)ccc2ccc(O)cc12. The Bertz CT molecular complexity index is 470. The Labute approximate surface area is 82.4 Å². The highest BCUT2D eigenvalue weighted by molar-refractivity contribution is 5.88. The molecule has 0 amide bonds. The van der Waals surface area contributed by atoms with Gasteiger partial charge in [-0.05, 0) is 35.4 Å². The van der Waals surface area contributed by atoms with Crippen LogP contribution in [0.25, 0.3) is 10.8 Å². The van der Waals surface area contributed by atoms with E-state index in [1.54, 1.807) is 18.2 Å². The first kappa shape index (κ1) is 8.88. The van der Waals surface area contributed by atoms with Crippen molar-refractivity contribution in [1.82, 2.24) is 0 Å². The minimum atomic E-state index is 0.234. The molecule has 0 aliphatic carbocycles. The van der Waals surface area contributed by atoms with Crippen molar-refractivity contribution in [2.75, 3.05) is 0 Å². The van der Waals surface area contributed by atoms with Gasteiger partial charge in [0, 0.05) is 5.56 Å². The quantitative estimate of drug-likeness (QED) is 0.722. The Balaban J connectivity index is 2.84. The Morgan fingerprint density at radius 1 is 1.07 bits per heavy atom. The molecule has 0 radical (unpaired) electrons. The fraction of sp³-hybridized carbons (Fsp3) is 0.167. The van der Waals surface area contributed by atoms with Crippen molar-refractivity contribution in [3.8, 4) is 11.5 Å². The van der Waals surface area contributed by atoms with Crippen molar-refractivity contribution in [3.63, 3.8) is 0 Å². The number of fused-ring (bicyclic) bond motifs is 1. The number of aromatic hydroxyl groups is 2. The van der Waals surface area contributed by atoms with Crippen LogP contribution in [0.3, 0.4) is 0 Å². The molecule has 0 saturated heterocycles. The predicted molar refractivity (Wildman–Crippen MR) is 56.7 cm³/mol. The molecule has 0 aliphatic heterocycles. The Hall–Kier alpha value is -1.70. The summed E-state index contributed by atoms with van der Waals surface area (Å²) in [6.45, 7) is 1.98. The summed E-state index contributed by atoms with van der Waals surface area (Å²) in [6, 6.07) is 8.73. The molecule has 14 heavy (non-hydrogen) atoms. The number of phenols is 2. The lowest BCUT2D eigenvalue weighted by Crippen LogP contribution is -1.84. The zero-order valence-corrected chi connectivity index (χ0v) is 7.99. The van der Waals surface area contributed by atoms with Crippen molar-refractivity contribution in [2.24, 2.45) is 0 Å². The molecule has 0 aliphatic rings. The summed E-state index contributed by atoms with van der Waals surface area (Å²) in [6.07, 6.45) is 0.757. The van der Waals surface area contributed by atoms with E-state index in [9.17, 15) is 10.2 Å². The van der Waals surface area contributed by atoms with E-state index < -0.39 is 0 Å². The predicted octanol–water partition coefficient (Wildman–Crippen LogP) is 2.81. The van der Waals surface area contributed by atoms with Gasteiger partial charge in [-0.25, -0.2) is 0 Å². The average molecular weight is 188 g/mol. The van der Waals surface area contributed by atoms with Gasteiger partial charge in [0.25, 0.3) is 0 Å². The third kappa shape index (κ3) is 1.29. The van der Waals surface area contributed by atoms with Crippen LogP contribution in [-0.2, 0) is 6.42 Å². The standard InChI is InChI=1S/C12H12O2/c1-2-10-11-7-9(13)5-3-8(11)4-6-12(10)14/h3-7,13-14H,2H2,1H3. The van der Waals surface area contributed by atoms with Gasteiger partial charge in [-0.1, -0.05) is 19.1 Å². The van der Waals surface area contributed by atoms with Crippen LogP contribution in [0.5, 0.6) is 11.5 Å². The molecule has 0 fully saturated rings. The fourth-order valence-corrected chi connectivity index (χ4v) is 1.73. The molecule has 0 spiro atoms.